The van der Waals surface area contributed by atoms with Gasteiger partial charge >= 0.3 is 0 Å². The van der Waals surface area contributed by atoms with Crippen LogP contribution in [0.2, 0.25) is 0 Å². The number of hydrogen-bond acceptors (Lipinski definition) is 5. The lowest BCUT2D eigenvalue weighted by atomic mass is 9.74. The number of hydrogen-bond donors (Lipinski definition) is 1. The molecule has 2 fully saturated rings. The van der Waals surface area contributed by atoms with Crippen LogP contribution in [0.25, 0.3) is 11.4 Å². The maximum atomic E-state index is 13.8. The Labute approximate surface area is 137 Å². The van der Waals surface area contributed by atoms with E-state index in [2.05, 4.69) is 15.5 Å². The van der Waals surface area contributed by atoms with Crippen molar-refractivity contribution in [3.63, 3.8) is 0 Å². The lowest BCUT2D eigenvalue weighted by molar-refractivity contribution is -0.129. The predicted molar refractivity (Wildman–Crippen MR) is 81.5 cm³/mol. The second-order valence-corrected chi connectivity index (χ2v) is 6.42. The molecule has 1 N–H and O–H groups in total. The SMILES string of the molecule is O=C1C(c2nc(-c3ccccc3F)no2)CNC2CCC(F)CC12. The zero-order valence-corrected chi connectivity index (χ0v) is 12.9. The molecule has 0 radical (unpaired) electrons. The summed E-state index contributed by atoms with van der Waals surface area (Å²) in [5.41, 5.74) is 0.225. The van der Waals surface area contributed by atoms with Gasteiger partial charge in [0, 0.05) is 18.5 Å². The molecule has 5 nitrogen and oxygen atoms in total. The normalized spacial score (nSPS) is 30.2. The summed E-state index contributed by atoms with van der Waals surface area (Å²) in [6.45, 7) is 0.385. The second kappa shape index (κ2) is 6.05. The highest BCUT2D eigenvalue weighted by Crippen LogP contribution is 2.35. The van der Waals surface area contributed by atoms with Crippen LogP contribution >= 0.6 is 0 Å². The Hall–Kier alpha value is -2.15. The van der Waals surface area contributed by atoms with Crippen molar-refractivity contribution in [1.82, 2.24) is 15.5 Å². The molecular formula is C17H17F2N3O2. The van der Waals surface area contributed by atoms with E-state index in [4.69, 9.17) is 4.52 Å². The summed E-state index contributed by atoms with van der Waals surface area (Å²) in [6.07, 6.45) is 0.451. The Morgan fingerprint density at radius 1 is 1.25 bits per heavy atom. The zero-order valence-electron chi connectivity index (χ0n) is 12.9. The molecule has 1 aliphatic carbocycles. The van der Waals surface area contributed by atoms with E-state index in [1.807, 2.05) is 0 Å². The van der Waals surface area contributed by atoms with Crippen molar-refractivity contribution < 1.29 is 18.1 Å². The third kappa shape index (κ3) is 2.62. The van der Waals surface area contributed by atoms with E-state index in [1.54, 1.807) is 18.2 Å². The molecule has 1 aromatic heterocycles. The van der Waals surface area contributed by atoms with E-state index in [-0.39, 0.29) is 41.4 Å². The molecule has 0 amide bonds. The predicted octanol–water partition coefficient (Wildman–Crippen LogP) is 2.64. The Bertz CT molecular complexity index is 764. The van der Waals surface area contributed by atoms with Crippen LogP contribution in [-0.2, 0) is 4.79 Å². The molecule has 0 bridgehead atoms. The molecule has 24 heavy (non-hydrogen) atoms. The lowest BCUT2D eigenvalue weighted by Gasteiger charge is -2.38. The van der Waals surface area contributed by atoms with E-state index in [0.29, 0.717) is 19.4 Å². The molecule has 7 heteroatoms. The number of carbonyl (C=O) groups excluding carboxylic acids is 1. The number of benzene rings is 1. The van der Waals surface area contributed by atoms with Gasteiger partial charge in [-0.3, -0.25) is 4.79 Å². The Morgan fingerprint density at radius 2 is 2.08 bits per heavy atom. The van der Waals surface area contributed by atoms with Gasteiger partial charge in [0.2, 0.25) is 11.7 Å². The zero-order chi connectivity index (χ0) is 16.7. The van der Waals surface area contributed by atoms with Crippen molar-refractivity contribution in [3.8, 4) is 11.4 Å². The fraction of sp³-hybridized carbons (Fsp3) is 0.471. The first-order chi connectivity index (χ1) is 11.6. The van der Waals surface area contributed by atoms with E-state index >= 15 is 0 Å². The number of alkyl halides is 1. The summed E-state index contributed by atoms with van der Waals surface area (Å²) in [5.74, 6) is -1.22. The van der Waals surface area contributed by atoms with Gasteiger partial charge in [-0.25, -0.2) is 8.78 Å². The van der Waals surface area contributed by atoms with Crippen LogP contribution < -0.4 is 5.32 Å². The average Bonchev–Trinajstić information content (AvgIpc) is 3.06. The minimum Gasteiger partial charge on any atom is -0.338 e. The highest BCUT2D eigenvalue weighted by atomic mass is 19.1. The summed E-state index contributed by atoms with van der Waals surface area (Å²) >= 11 is 0. The van der Waals surface area contributed by atoms with Gasteiger partial charge in [-0.05, 0) is 31.4 Å². The molecule has 126 valence electrons. The molecule has 4 atom stereocenters. The molecule has 4 rings (SSSR count). The van der Waals surface area contributed by atoms with Gasteiger partial charge < -0.3 is 9.84 Å². The van der Waals surface area contributed by atoms with Gasteiger partial charge in [0.25, 0.3) is 0 Å². The van der Waals surface area contributed by atoms with E-state index in [0.717, 1.165) is 0 Å². The first kappa shape index (κ1) is 15.4. The summed E-state index contributed by atoms with van der Waals surface area (Å²) < 4.78 is 32.7. The first-order valence-electron chi connectivity index (χ1n) is 8.13. The van der Waals surface area contributed by atoms with Crippen LogP contribution in [-0.4, -0.2) is 34.7 Å². The largest absolute Gasteiger partial charge is 0.338 e. The molecule has 1 aliphatic heterocycles. The van der Waals surface area contributed by atoms with Crippen molar-refractivity contribution >= 4 is 5.78 Å². The number of rotatable bonds is 2. The molecular weight excluding hydrogens is 316 g/mol. The van der Waals surface area contributed by atoms with Gasteiger partial charge in [0.1, 0.15) is 17.9 Å². The number of carbonyl (C=O) groups is 1. The standard InChI is InChI=1S/C17H17F2N3O2/c18-9-5-6-14-11(7-9)15(23)12(8-20-14)17-21-16(22-24-17)10-3-1-2-4-13(10)19/h1-4,9,11-12,14,20H,5-8H2. The van der Waals surface area contributed by atoms with E-state index < -0.39 is 17.9 Å². The number of halogens is 2. The molecule has 2 heterocycles. The molecule has 2 aromatic rings. The number of Topliss-reactive ketones (excluding diaryl/α,β-unsaturated/α-hetero) is 1. The maximum Gasteiger partial charge on any atom is 0.238 e. The Balaban J connectivity index is 1.59. The van der Waals surface area contributed by atoms with E-state index in [9.17, 15) is 13.6 Å². The van der Waals surface area contributed by atoms with Gasteiger partial charge in [0.05, 0.1) is 5.56 Å². The lowest BCUT2D eigenvalue weighted by Crippen LogP contribution is -2.53. The molecule has 1 saturated carbocycles. The Morgan fingerprint density at radius 3 is 2.92 bits per heavy atom. The first-order valence-corrected chi connectivity index (χ1v) is 8.13. The second-order valence-electron chi connectivity index (χ2n) is 6.42. The van der Waals surface area contributed by atoms with Crippen LogP contribution in [0.4, 0.5) is 8.78 Å². The van der Waals surface area contributed by atoms with Crippen LogP contribution in [0, 0.1) is 11.7 Å². The van der Waals surface area contributed by atoms with Gasteiger partial charge in [0.15, 0.2) is 5.78 Å². The maximum absolute atomic E-state index is 13.8. The molecule has 1 aromatic carbocycles. The minimum atomic E-state index is -0.938. The highest BCUT2D eigenvalue weighted by molar-refractivity contribution is 5.89. The average molecular weight is 333 g/mol. The number of aromatic nitrogens is 2. The van der Waals surface area contributed by atoms with Crippen LogP contribution in [0.5, 0.6) is 0 Å². The van der Waals surface area contributed by atoms with Crippen LogP contribution in [0.3, 0.4) is 0 Å². The summed E-state index contributed by atoms with van der Waals surface area (Å²) in [5, 5.41) is 7.09. The molecule has 4 unspecified atom stereocenters. The Kier molecular flexibility index (Phi) is 3.88. The van der Waals surface area contributed by atoms with Crippen molar-refractivity contribution in [2.45, 2.75) is 37.4 Å². The van der Waals surface area contributed by atoms with E-state index in [1.165, 1.54) is 6.07 Å². The number of fused-ring (bicyclic) bond motifs is 1. The van der Waals surface area contributed by atoms with Crippen LogP contribution in [0.1, 0.15) is 31.1 Å². The third-order valence-electron chi connectivity index (χ3n) is 4.93. The van der Waals surface area contributed by atoms with Gasteiger partial charge in [-0.2, -0.15) is 4.98 Å². The van der Waals surface area contributed by atoms with Crippen molar-refractivity contribution in [1.29, 1.82) is 0 Å². The van der Waals surface area contributed by atoms with Crippen molar-refractivity contribution in [2.24, 2.45) is 5.92 Å². The molecule has 1 saturated heterocycles. The summed E-state index contributed by atoms with van der Waals surface area (Å²) in [7, 11) is 0. The molecule has 2 aliphatic rings. The van der Waals surface area contributed by atoms with Gasteiger partial charge in [-0.1, -0.05) is 17.3 Å². The van der Waals surface area contributed by atoms with Crippen LogP contribution in [0.15, 0.2) is 28.8 Å². The monoisotopic (exact) mass is 333 g/mol. The number of piperidine rings is 1. The van der Waals surface area contributed by atoms with Crippen molar-refractivity contribution in [3.05, 3.63) is 36.0 Å². The fourth-order valence-electron chi connectivity index (χ4n) is 3.64. The quantitative estimate of drug-likeness (QED) is 0.915. The highest BCUT2D eigenvalue weighted by Gasteiger charge is 2.44. The molecule has 0 spiro atoms. The summed E-state index contributed by atoms with van der Waals surface area (Å²) in [4.78, 5) is 16.9. The van der Waals surface area contributed by atoms with Crippen molar-refractivity contribution in [2.75, 3.05) is 6.54 Å². The topological polar surface area (TPSA) is 68.0 Å². The fourth-order valence-corrected chi connectivity index (χ4v) is 3.64. The number of nitrogens with zero attached hydrogens (tertiary/aromatic N) is 2. The number of nitrogens with one attached hydrogen (secondary N) is 1. The van der Waals surface area contributed by atoms with Gasteiger partial charge in [-0.15, -0.1) is 0 Å². The minimum absolute atomic E-state index is 0.0229. The summed E-state index contributed by atoms with van der Waals surface area (Å²) in [6, 6.07) is 6.14. The third-order valence-corrected chi connectivity index (χ3v) is 4.93. The number of ketones is 1. The smallest absolute Gasteiger partial charge is 0.238 e.